The summed E-state index contributed by atoms with van der Waals surface area (Å²) in [4.78, 5) is 34.5. The minimum absolute atomic E-state index is 0.0634. The number of alkyl halides is 3. The van der Waals surface area contributed by atoms with Gasteiger partial charge < -0.3 is 20.1 Å². The number of pyridine rings is 2. The van der Waals surface area contributed by atoms with Gasteiger partial charge in [-0.25, -0.2) is 4.98 Å². The maximum absolute atomic E-state index is 12.7. The predicted molar refractivity (Wildman–Crippen MR) is 103 cm³/mol. The number of amides is 2. The first kappa shape index (κ1) is 22.8. The Morgan fingerprint density at radius 1 is 1.42 bits per heavy atom. The van der Waals surface area contributed by atoms with Gasteiger partial charge in [0, 0.05) is 42.7 Å². The van der Waals surface area contributed by atoms with Crippen LogP contribution in [-0.4, -0.2) is 57.2 Å². The monoisotopic (exact) mass is 458 g/mol. The Hall–Kier alpha value is -2.92. The van der Waals surface area contributed by atoms with Gasteiger partial charge in [0.2, 0.25) is 5.88 Å². The molecule has 31 heavy (non-hydrogen) atoms. The van der Waals surface area contributed by atoms with Crippen LogP contribution in [0.4, 0.5) is 13.2 Å². The zero-order valence-electron chi connectivity index (χ0n) is 16.2. The van der Waals surface area contributed by atoms with Gasteiger partial charge in [-0.2, -0.15) is 13.2 Å². The lowest BCUT2D eigenvalue weighted by molar-refractivity contribution is -0.154. The molecule has 166 valence electrons. The largest absolute Gasteiger partial charge is 0.467 e. The van der Waals surface area contributed by atoms with Crippen LogP contribution in [0.2, 0.25) is 5.02 Å². The molecule has 2 aromatic rings. The molecule has 0 unspecified atom stereocenters. The molecule has 3 rings (SSSR count). The van der Waals surface area contributed by atoms with Gasteiger partial charge in [0.1, 0.15) is 10.7 Å². The van der Waals surface area contributed by atoms with Crippen LogP contribution in [0.3, 0.4) is 0 Å². The van der Waals surface area contributed by atoms with Crippen LogP contribution in [0.25, 0.3) is 0 Å². The summed E-state index contributed by atoms with van der Waals surface area (Å²) in [5.74, 6) is -1.21. The summed E-state index contributed by atoms with van der Waals surface area (Å²) in [7, 11) is 0. The molecule has 12 heteroatoms. The number of ether oxygens (including phenoxy) is 1. The van der Waals surface area contributed by atoms with E-state index in [1.165, 1.54) is 29.4 Å². The highest BCUT2D eigenvalue weighted by atomic mass is 35.5. The average Bonchev–Trinajstić information content (AvgIpc) is 3.02. The van der Waals surface area contributed by atoms with Gasteiger partial charge in [-0.3, -0.25) is 14.6 Å². The Bertz CT molecular complexity index is 1000. The van der Waals surface area contributed by atoms with Crippen molar-refractivity contribution < 1.29 is 32.6 Å². The zero-order valence-corrected chi connectivity index (χ0v) is 17.0. The molecule has 0 aliphatic carbocycles. The number of rotatable bonds is 7. The molecule has 0 saturated heterocycles. The van der Waals surface area contributed by atoms with Gasteiger partial charge in [-0.15, -0.1) is 0 Å². The van der Waals surface area contributed by atoms with Crippen LogP contribution in [-0.2, 0) is 13.1 Å². The molecular formula is C19H18ClF3N4O4. The molecule has 2 aromatic heterocycles. The number of hydrogen-bond acceptors (Lipinski definition) is 6. The quantitative estimate of drug-likeness (QED) is 0.660. The van der Waals surface area contributed by atoms with Gasteiger partial charge in [0.05, 0.1) is 6.61 Å². The molecule has 0 bridgehead atoms. The molecule has 3 heterocycles. The molecule has 0 radical (unpaired) electrons. The van der Waals surface area contributed by atoms with Crippen LogP contribution in [0, 0.1) is 0 Å². The zero-order chi connectivity index (χ0) is 22.8. The second kappa shape index (κ2) is 9.06. The van der Waals surface area contributed by atoms with Crippen molar-refractivity contribution in [1.29, 1.82) is 0 Å². The summed E-state index contributed by atoms with van der Waals surface area (Å²) >= 11 is 5.96. The van der Waals surface area contributed by atoms with E-state index in [0.717, 1.165) is 0 Å². The SMILES string of the molecule is C[C@@H](CO)NC(=O)c1nccc2c1CN(Cc1cnc(OCC(F)(F)F)c(Cl)c1)C2=O. The molecule has 0 fully saturated rings. The number of fused-ring (bicyclic) bond motifs is 1. The predicted octanol–water partition coefficient (Wildman–Crippen LogP) is 2.34. The highest BCUT2D eigenvalue weighted by Gasteiger charge is 2.32. The van der Waals surface area contributed by atoms with Gasteiger partial charge in [-0.05, 0) is 24.6 Å². The molecule has 1 aliphatic heterocycles. The third kappa shape index (κ3) is 5.42. The lowest BCUT2D eigenvalue weighted by Crippen LogP contribution is -2.36. The van der Waals surface area contributed by atoms with Crippen molar-refractivity contribution >= 4 is 23.4 Å². The maximum atomic E-state index is 12.7. The van der Waals surface area contributed by atoms with Gasteiger partial charge >= 0.3 is 6.18 Å². The Labute approximate surface area is 180 Å². The van der Waals surface area contributed by atoms with Crippen LogP contribution in [0.1, 0.15) is 38.9 Å². The average molecular weight is 459 g/mol. The number of aliphatic hydroxyl groups is 1. The molecule has 2 amide bonds. The van der Waals surface area contributed by atoms with E-state index in [4.69, 9.17) is 16.7 Å². The van der Waals surface area contributed by atoms with Crippen molar-refractivity contribution in [1.82, 2.24) is 20.2 Å². The van der Waals surface area contributed by atoms with Gasteiger partial charge in [0.25, 0.3) is 11.8 Å². The number of nitrogens with one attached hydrogen (secondary N) is 1. The minimum atomic E-state index is -4.52. The van der Waals surface area contributed by atoms with E-state index in [9.17, 15) is 22.8 Å². The number of carbonyl (C=O) groups is 2. The molecule has 0 saturated carbocycles. The van der Waals surface area contributed by atoms with E-state index in [1.807, 2.05) is 0 Å². The van der Waals surface area contributed by atoms with Crippen molar-refractivity contribution in [3.63, 3.8) is 0 Å². The molecular weight excluding hydrogens is 441 g/mol. The summed E-state index contributed by atoms with van der Waals surface area (Å²) in [6.45, 7) is 0.0153. The summed E-state index contributed by atoms with van der Waals surface area (Å²) in [5, 5.41) is 11.6. The van der Waals surface area contributed by atoms with Crippen molar-refractivity contribution in [3.05, 3.63) is 51.9 Å². The van der Waals surface area contributed by atoms with Gasteiger partial charge in [0.15, 0.2) is 6.61 Å². The van der Waals surface area contributed by atoms with E-state index < -0.39 is 24.7 Å². The topological polar surface area (TPSA) is 105 Å². The summed E-state index contributed by atoms with van der Waals surface area (Å²) in [6, 6.07) is 2.39. The minimum Gasteiger partial charge on any atom is -0.467 e. The molecule has 8 nitrogen and oxygen atoms in total. The van der Waals surface area contributed by atoms with Crippen molar-refractivity contribution in [2.24, 2.45) is 0 Å². The number of nitrogens with zero attached hydrogens (tertiary/aromatic N) is 3. The first-order valence-corrected chi connectivity index (χ1v) is 9.49. The third-order valence-corrected chi connectivity index (χ3v) is 4.67. The Morgan fingerprint density at radius 2 is 2.16 bits per heavy atom. The van der Waals surface area contributed by atoms with Crippen LogP contribution < -0.4 is 10.1 Å². The van der Waals surface area contributed by atoms with Crippen molar-refractivity contribution in [3.8, 4) is 5.88 Å². The van der Waals surface area contributed by atoms with E-state index >= 15 is 0 Å². The summed E-state index contributed by atoms with van der Waals surface area (Å²) in [6.07, 6.45) is -1.91. The van der Waals surface area contributed by atoms with E-state index in [2.05, 4.69) is 20.0 Å². The Balaban J connectivity index is 1.74. The first-order valence-electron chi connectivity index (χ1n) is 9.12. The Morgan fingerprint density at radius 3 is 2.81 bits per heavy atom. The van der Waals surface area contributed by atoms with E-state index in [1.54, 1.807) is 6.92 Å². The molecule has 2 N–H and O–H groups in total. The smallest absolute Gasteiger partial charge is 0.422 e. The fraction of sp³-hybridized carbons (Fsp3) is 0.368. The van der Waals surface area contributed by atoms with Crippen LogP contribution in [0.15, 0.2) is 24.5 Å². The number of aromatic nitrogens is 2. The van der Waals surface area contributed by atoms with Gasteiger partial charge in [-0.1, -0.05) is 11.6 Å². The highest BCUT2D eigenvalue weighted by Crippen LogP contribution is 2.29. The summed E-state index contributed by atoms with van der Waals surface area (Å²) < 4.78 is 41.4. The lowest BCUT2D eigenvalue weighted by atomic mass is 10.1. The molecule has 0 spiro atoms. The fourth-order valence-corrected chi connectivity index (χ4v) is 3.22. The second-order valence-electron chi connectivity index (χ2n) is 6.94. The summed E-state index contributed by atoms with van der Waals surface area (Å²) in [5.41, 5.74) is 1.32. The number of hydrogen-bond donors (Lipinski definition) is 2. The lowest BCUT2D eigenvalue weighted by Gasteiger charge is -2.16. The van der Waals surface area contributed by atoms with E-state index in [-0.39, 0.29) is 42.2 Å². The van der Waals surface area contributed by atoms with Crippen molar-refractivity contribution in [2.75, 3.05) is 13.2 Å². The highest BCUT2D eigenvalue weighted by molar-refractivity contribution is 6.31. The fourth-order valence-electron chi connectivity index (χ4n) is 2.98. The molecule has 1 atom stereocenters. The number of carbonyl (C=O) groups excluding carboxylic acids is 2. The normalized spacial score (nSPS) is 14.4. The maximum Gasteiger partial charge on any atom is 0.422 e. The first-order chi connectivity index (χ1) is 14.6. The molecule has 1 aliphatic rings. The number of aliphatic hydroxyl groups excluding tert-OH is 1. The Kier molecular flexibility index (Phi) is 6.65. The molecule has 0 aromatic carbocycles. The number of halogens is 4. The van der Waals surface area contributed by atoms with Crippen molar-refractivity contribution in [2.45, 2.75) is 32.2 Å². The van der Waals surface area contributed by atoms with Crippen LogP contribution >= 0.6 is 11.6 Å². The third-order valence-electron chi connectivity index (χ3n) is 4.40. The van der Waals surface area contributed by atoms with Crippen LogP contribution in [0.5, 0.6) is 5.88 Å². The standard InChI is InChI=1S/C19H18ClF3N4O4/c1-10(8-28)26-16(29)15-13-7-27(18(30)12(13)2-3-24-15)6-11-4-14(20)17(25-5-11)31-9-19(21,22)23/h2-5,10,28H,6-9H2,1H3,(H,26,29)/t10-/m0/s1. The van der Waals surface area contributed by atoms with E-state index in [0.29, 0.717) is 16.7 Å². The second-order valence-corrected chi connectivity index (χ2v) is 7.35.